The molecule has 124 valence electrons. The number of rotatable bonds is 4. The lowest BCUT2D eigenvalue weighted by Crippen LogP contribution is -2.39. The lowest BCUT2D eigenvalue weighted by molar-refractivity contribution is -0.0141. The van der Waals surface area contributed by atoms with Gasteiger partial charge in [-0.1, -0.05) is 30.3 Å². The highest BCUT2D eigenvalue weighted by atomic mass is 16.5. The van der Waals surface area contributed by atoms with Crippen LogP contribution in [0.5, 0.6) is 5.75 Å². The van der Waals surface area contributed by atoms with Crippen LogP contribution in [-0.2, 0) is 11.3 Å². The van der Waals surface area contributed by atoms with E-state index in [0.717, 1.165) is 36.5 Å². The molecule has 2 heterocycles. The standard InChI is InChI=1S/C19H21N3O2/c1-23-19-7-6-14(15-4-2-3-5-16(15)19)12-22-10-11-24-13-18(22)17-8-9-20-21-17/h2-9,18H,10-13H2,1H3,(H,20,21)/t18-/m1/s1. The summed E-state index contributed by atoms with van der Waals surface area (Å²) in [7, 11) is 1.72. The summed E-state index contributed by atoms with van der Waals surface area (Å²) in [6.45, 7) is 3.23. The third-order valence-electron chi connectivity index (χ3n) is 4.69. The second-order valence-electron chi connectivity index (χ2n) is 6.05. The maximum absolute atomic E-state index is 5.69. The number of hydrogen-bond acceptors (Lipinski definition) is 4. The maximum atomic E-state index is 5.69. The summed E-state index contributed by atoms with van der Waals surface area (Å²) in [5, 5.41) is 9.57. The van der Waals surface area contributed by atoms with Crippen LogP contribution < -0.4 is 4.74 Å². The van der Waals surface area contributed by atoms with Gasteiger partial charge in [0, 0.05) is 24.7 Å². The molecule has 0 spiro atoms. The topological polar surface area (TPSA) is 50.4 Å². The van der Waals surface area contributed by atoms with Gasteiger partial charge in [0.15, 0.2) is 0 Å². The number of nitrogens with zero attached hydrogens (tertiary/aromatic N) is 2. The van der Waals surface area contributed by atoms with E-state index in [0.29, 0.717) is 6.61 Å². The van der Waals surface area contributed by atoms with Crippen LogP contribution in [-0.4, -0.2) is 42.0 Å². The van der Waals surface area contributed by atoms with Crippen molar-refractivity contribution in [3.8, 4) is 5.75 Å². The van der Waals surface area contributed by atoms with Crippen molar-refractivity contribution in [2.45, 2.75) is 12.6 Å². The number of fused-ring (bicyclic) bond motifs is 1. The minimum Gasteiger partial charge on any atom is -0.496 e. The van der Waals surface area contributed by atoms with Crippen molar-refractivity contribution in [3.63, 3.8) is 0 Å². The molecule has 1 fully saturated rings. The molecule has 5 heteroatoms. The molecule has 1 aliphatic rings. The summed E-state index contributed by atoms with van der Waals surface area (Å²) >= 11 is 0. The highest BCUT2D eigenvalue weighted by Gasteiger charge is 2.26. The van der Waals surface area contributed by atoms with Crippen LogP contribution in [0.3, 0.4) is 0 Å². The van der Waals surface area contributed by atoms with Gasteiger partial charge in [-0.25, -0.2) is 0 Å². The van der Waals surface area contributed by atoms with Crippen LogP contribution in [0.25, 0.3) is 10.8 Å². The molecule has 1 aliphatic heterocycles. The largest absolute Gasteiger partial charge is 0.496 e. The summed E-state index contributed by atoms with van der Waals surface area (Å²) in [5.41, 5.74) is 2.41. The summed E-state index contributed by atoms with van der Waals surface area (Å²) in [6, 6.07) is 14.9. The molecular weight excluding hydrogens is 302 g/mol. The predicted octanol–water partition coefficient (Wildman–Crippen LogP) is 3.15. The average Bonchev–Trinajstić information content (AvgIpc) is 3.17. The molecule has 5 nitrogen and oxygen atoms in total. The Balaban J connectivity index is 1.68. The Morgan fingerprint density at radius 2 is 2.08 bits per heavy atom. The minimum atomic E-state index is 0.210. The smallest absolute Gasteiger partial charge is 0.126 e. The van der Waals surface area contributed by atoms with Gasteiger partial charge in [0.1, 0.15) is 5.75 Å². The Morgan fingerprint density at radius 1 is 1.21 bits per heavy atom. The molecule has 3 aromatic rings. The Morgan fingerprint density at radius 3 is 2.88 bits per heavy atom. The summed E-state index contributed by atoms with van der Waals surface area (Å²) in [5.74, 6) is 0.918. The van der Waals surface area contributed by atoms with Crippen LogP contribution >= 0.6 is 0 Å². The van der Waals surface area contributed by atoms with Gasteiger partial charge >= 0.3 is 0 Å². The zero-order chi connectivity index (χ0) is 16.4. The lowest BCUT2D eigenvalue weighted by atomic mass is 10.0. The van der Waals surface area contributed by atoms with Gasteiger partial charge in [0.2, 0.25) is 0 Å². The molecule has 0 unspecified atom stereocenters. The van der Waals surface area contributed by atoms with Gasteiger partial charge in [-0.15, -0.1) is 0 Å². The molecule has 1 N–H and O–H groups in total. The fraction of sp³-hybridized carbons (Fsp3) is 0.316. The van der Waals surface area contributed by atoms with Gasteiger partial charge in [-0.05, 0) is 23.1 Å². The number of morpholine rings is 1. The van der Waals surface area contributed by atoms with E-state index in [4.69, 9.17) is 9.47 Å². The fourth-order valence-corrected chi connectivity index (χ4v) is 3.43. The van der Waals surface area contributed by atoms with E-state index in [-0.39, 0.29) is 6.04 Å². The summed E-state index contributed by atoms with van der Waals surface area (Å²) in [6.07, 6.45) is 1.80. The lowest BCUT2D eigenvalue weighted by Gasteiger charge is -2.35. The summed E-state index contributed by atoms with van der Waals surface area (Å²) < 4.78 is 11.2. The molecule has 4 rings (SSSR count). The molecule has 24 heavy (non-hydrogen) atoms. The van der Waals surface area contributed by atoms with E-state index >= 15 is 0 Å². The second kappa shape index (κ2) is 6.63. The van der Waals surface area contributed by atoms with Crippen LogP contribution in [0.15, 0.2) is 48.7 Å². The van der Waals surface area contributed by atoms with E-state index in [1.165, 1.54) is 10.9 Å². The average molecular weight is 323 g/mol. The molecule has 0 aliphatic carbocycles. The Hall–Kier alpha value is -2.37. The first kappa shape index (κ1) is 15.2. The normalized spacial score (nSPS) is 18.8. The quantitative estimate of drug-likeness (QED) is 0.801. The zero-order valence-electron chi connectivity index (χ0n) is 13.7. The van der Waals surface area contributed by atoms with Crippen molar-refractivity contribution >= 4 is 10.8 Å². The molecule has 0 saturated carbocycles. The molecule has 1 aromatic heterocycles. The van der Waals surface area contributed by atoms with Crippen molar-refractivity contribution in [1.82, 2.24) is 15.1 Å². The first-order chi connectivity index (χ1) is 11.9. The first-order valence-corrected chi connectivity index (χ1v) is 8.22. The Bertz CT molecular complexity index is 817. The number of aromatic amines is 1. The summed E-state index contributed by atoms with van der Waals surface area (Å²) in [4.78, 5) is 2.45. The second-order valence-corrected chi connectivity index (χ2v) is 6.05. The first-order valence-electron chi connectivity index (χ1n) is 8.22. The predicted molar refractivity (Wildman–Crippen MR) is 93.1 cm³/mol. The highest BCUT2D eigenvalue weighted by Crippen LogP contribution is 2.31. The SMILES string of the molecule is COc1ccc(CN2CCOC[C@@H]2c2ccn[nH]2)c2ccccc12. The van der Waals surface area contributed by atoms with Crippen LogP contribution in [0.2, 0.25) is 0 Å². The molecule has 0 bridgehead atoms. The van der Waals surface area contributed by atoms with Crippen molar-refractivity contribution < 1.29 is 9.47 Å². The zero-order valence-corrected chi connectivity index (χ0v) is 13.7. The highest BCUT2D eigenvalue weighted by molar-refractivity contribution is 5.91. The Kier molecular flexibility index (Phi) is 4.19. The van der Waals surface area contributed by atoms with Gasteiger partial charge in [-0.3, -0.25) is 10.00 Å². The number of aromatic nitrogens is 2. The van der Waals surface area contributed by atoms with E-state index in [1.54, 1.807) is 13.3 Å². The van der Waals surface area contributed by atoms with Crippen molar-refractivity contribution in [2.24, 2.45) is 0 Å². The molecule has 0 radical (unpaired) electrons. The maximum Gasteiger partial charge on any atom is 0.126 e. The van der Waals surface area contributed by atoms with Crippen LogP contribution in [0, 0.1) is 0 Å². The van der Waals surface area contributed by atoms with Crippen molar-refractivity contribution in [1.29, 1.82) is 0 Å². The third kappa shape index (κ3) is 2.77. The van der Waals surface area contributed by atoms with E-state index in [9.17, 15) is 0 Å². The van der Waals surface area contributed by atoms with Gasteiger partial charge in [-0.2, -0.15) is 5.10 Å². The number of H-pyrrole nitrogens is 1. The van der Waals surface area contributed by atoms with E-state index in [2.05, 4.69) is 51.5 Å². The Labute approximate surface area is 141 Å². The molecule has 0 amide bonds. The van der Waals surface area contributed by atoms with E-state index < -0.39 is 0 Å². The molecular formula is C19H21N3O2. The fourth-order valence-electron chi connectivity index (χ4n) is 3.43. The van der Waals surface area contributed by atoms with Crippen molar-refractivity contribution in [2.75, 3.05) is 26.9 Å². The van der Waals surface area contributed by atoms with Gasteiger partial charge < -0.3 is 9.47 Å². The molecule has 2 aromatic carbocycles. The van der Waals surface area contributed by atoms with Gasteiger partial charge in [0.05, 0.1) is 32.1 Å². The number of hydrogen-bond donors (Lipinski definition) is 1. The molecule has 1 saturated heterocycles. The monoisotopic (exact) mass is 323 g/mol. The molecule has 1 atom stereocenters. The van der Waals surface area contributed by atoms with Crippen LogP contribution in [0.4, 0.5) is 0 Å². The number of nitrogens with one attached hydrogen (secondary N) is 1. The van der Waals surface area contributed by atoms with Crippen molar-refractivity contribution in [3.05, 3.63) is 59.9 Å². The van der Waals surface area contributed by atoms with E-state index in [1.807, 2.05) is 6.07 Å². The number of methoxy groups -OCH3 is 1. The van der Waals surface area contributed by atoms with Gasteiger partial charge in [0.25, 0.3) is 0 Å². The number of benzene rings is 2. The van der Waals surface area contributed by atoms with Crippen LogP contribution in [0.1, 0.15) is 17.3 Å². The third-order valence-corrected chi connectivity index (χ3v) is 4.69. The minimum absolute atomic E-state index is 0.210. The number of ether oxygens (including phenoxy) is 2.